The average Bonchev–Trinajstić information content (AvgIpc) is 2.34. The highest BCUT2D eigenvalue weighted by atomic mass is 16.1. The normalized spacial score (nSPS) is 10.5. The molecule has 0 aliphatic rings. The van der Waals surface area contributed by atoms with E-state index in [0.29, 0.717) is 0 Å². The van der Waals surface area contributed by atoms with Crippen LogP contribution in [-0.2, 0) is 11.3 Å². The van der Waals surface area contributed by atoms with Gasteiger partial charge in [0.2, 0.25) is 5.91 Å². The lowest BCUT2D eigenvalue weighted by Crippen LogP contribution is -2.30. The number of rotatable bonds is 7. The van der Waals surface area contributed by atoms with Crippen LogP contribution in [0.2, 0.25) is 0 Å². The number of nitrogens with one attached hydrogen (secondary N) is 2. The van der Waals surface area contributed by atoms with Crippen molar-refractivity contribution in [2.45, 2.75) is 26.8 Å². The van der Waals surface area contributed by atoms with Crippen LogP contribution < -0.4 is 10.6 Å². The van der Waals surface area contributed by atoms with E-state index in [1.54, 1.807) is 6.20 Å². The van der Waals surface area contributed by atoms with E-state index in [9.17, 15) is 4.79 Å². The Bertz CT molecular complexity index is 325. The van der Waals surface area contributed by atoms with Gasteiger partial charge in [-0.1, -0.05) is 19.9 Å². The maximum absolute atomic E-state index is 11.3. The zero-order valence-corrected chi connectivity index (χ0v) is 10.6. The van der Waals surface area contributed by atoms with Crippen molar-refractivity contribution >= 4 is 5.91 Å². The second kappa shape index (κ2) is 7.79. The molecule has 1 aromatic heterocycles. The predicted molar refractivity (Wildman–Crippen MR) is 68.4 cm³/mol. The minimum absolute atomic E-state index is 0.0662. The first kappa shape index (κ1) is 13.6. The van der Waals surface area contributed by atoms with Crippen LogP contribution >= 0.6 is 0 Å². The molecule has 1 amide bonds. The highest BCUT2D eigenvalue weighted by molar-refractivity contribution is 5.77. The standard InChI is InChI=1S/C13H21N3O/c1-11(2)13(17)16-9-5-7-14-10-12-6-3-4-8-15-12/h3-4,6,8,11,14H,5,7,9-10H2,1-2H3,(H,16,17). The summed E-state index contributed by atoms with van der Waals surface area (Å²) in [5, 5.41) is 6.18. The van der Waals surface area contributed by atoms with E-state index in [1.165, 1.54) is 0 Å². The van der Waals surface area contributed by atoms with Crippen molar-refractivity contribution in [3.8, 4) is 0 Å². The first-order valence-electron chi connectivity index (χ1n) is 6.08. The summed E-state index contributed by atoms with van der Waals surface area (Å²) in [6, 6.07) is 5.88. The Kier molecular flexibility index (Phi) is 6.25. The van der Waals surface area contributed by atoms with Crippen LogP contribution in [0.3, 0.4) is 0 Å². The summed E-state index contributed by atoms with van der Waals surface area (Å²) < 4.78 is 0. The van der Waals surface area contributed by atoms with E-state index in [2.05, 4.69) is 15.6 Å². The lowest BCUT2D eigenvalue weighted by molar-refractivity contribution is -0.123. The van der Waals surface area contributed by atoms with Crippen molar-refractivity contribution in [2.24, 2.45) is 5.92 Å². The second-order valence-electron chi connectivity index (χ2n) is 4.30. The van der Waals surface area contributed by atoms with Crippen LogP contribution in [0.15, 0.2) is 24.4 Å². The Morgan fingerprint density at radius 1 is 1.35 bits per heavy atom. The number of carbonyl (C=O) groups excluding carboxylic acids is 1. The molecular weight excluding hydrogens is 214 g/mol. The minimum Gasteiger partial charge on any atom is -0.356 e. The van der Waals surface area contributed by atoms with Crippen molar-refractivity contribution in [1.82, 2.24) is 15.6 Å². The van der Waals surface area contributed by atoms with Gasteiger partial charge in [-0.05, 0) is 25.1 Å². The van der Waals surface area contributed by atoms with Gasteiger partial charge in [-0.3, -0.25) is 9.78 Å². The molecule has 94 valence electrons. The van der Waals surface area contributed by atoms with Crippen LogP contribution in [0.25, 0.3) is 0 Å². The molecule has 0 radical (unpaired) electrons. The molecule has 0 aromatic carbocycles. The van der Waals surface area contributed by atoms with E-state index in [0.717, 1.165) is 31.7 Å². The largest absolute Gasteiger partial charge is 0.356 e. The zero-order chi connectivity index (χ0) is 12.5. The molecule has 1 heterocycles. The summed E-state index contributed by atoms with van der Waals surface area (Å²) >= 11 is 0. The van der Waals surface area contributed by atoms with Gasteiger partial charge >= 0.3 is 0 Å². The topological polar surface area (TPSA) is 54.0 Å². The molecule has 0 fully saturated rings. The van der Waals surface area contributed by atoms with E-state index >= 15 is 0 Å². The van der Waals surface area contributed by atoms with Gasteiger partial charge in [0.1, 0.15) is 0 Å². The second-order valence-corrected chi connectivity index (χ2v) is 4.30. The summed E-state index contributed by atoms with van der Waals surface area (Å²) in [5.41, 5.74) is 1.04. The van der Waals surface area contributed by atoms with Gasteiger partial charge in [-0.25, -0.2) is 0 Å². The Morgan fingerprint density at radius 2 is 2.18 bits per heavy atom. The molecule has 2 N–H and O–H groups in total. The fourth-order valence-electron chi connectivity index (χ4n) is 1.35. The van der Waals surface area contributed by atoms with E-state index < -0.39 is 0 Å². The molecule has 0 aliphatic carbocycles. The third-order valence-corrected chi connectivity index (χ3v) is 2.39. The highest BCUT2D eigenvalue weighted by Crippen LogP contribution is 1.92. The average molecular weight is 235 g/mol. The van der Waals surface area contributed by atoms with Gasteiger partial charge < -0.3 is 10.6 Å². The third-order valence-electron chi connectivity index (χ3n) is 2.39. The number of pyridine rings is 1. The molecule has 0 bridgehead atoms. The number of carbonyl (C=O) groups is 1. The smallest absolute Gasteiger partial charge is 0.222 e. The van der Waals surface area contributed by atoms with Crippen LogP contribution in [-0.4, -0.2) is 24.0 Å². The van der Waals surface area contributed by atoms with Crippen LogP contribution in [0, 0.1) is 5.92 Å². The van der Waals surface area contributed by atoms with E-state index in [1.807, 2.05) is 32.0 Å². The maximum atomic E-state index is 11.3. The molecule has 0 spiro atoms. The van der Waals surface area contributed by atoms with E-state index in [4.69, 9.17) is 0 Å². The third kappa shape index (κ3) is 6.02. The van der Waals surface area contributed by atoms with Crippen LogP contribution in [0.1, 0.15) is 26.0 Å². The first-order valence-corrected chi connectivity index (χ1v) is 6.08. The lowest BCUT2D eigenvalue weighted by Gasteiger charge is -2.08. The number of hydrogen-bond acceptors (Lipinski definition) is 3. The quantitative estimate of drug-likeness (QED) is 0.701. The van der Waals surface area contributed by atoms with Crippen LogP contribution in [0.5, 0.6) is 0 Å². The first-order chi connectivity index (χ1) is 8.20. The Hall–Kier alpha value is -1.42. The van der Waals surface area contributed by atoms with Gasteiger partial charge in [-0.15, -0.1) is 0 Å². The van der Waals surface area contributed by atoms with Gasteiger partial charge in [0.05, 0.1) is 5.69 Å². The SMILES string of the molecule is CC(C)C(=O)NCCCNCc1ccccn1. The molecule has 4 nitrogen and oxygen atoms in total. The Balaban J connectivity index is 2.00. The minimum atomic E-state index is 0.0662. The van der Waals surface area contributed by atoms with Gasteiger partial charge in [0, 0.05) is 25.2 Å². The summed E-state index contributed by atoms with van der Waals surface area (Å²) in [6.45, 7) is 6.18. The van der Waals surface area contributed by atoms with Crippen molar-refractivity contribution in [2.75, 3.05) is 13.1 Å². The van der Waals surface area contributed by atoms with Crippen molar-refractivity contribution < 1.29 is 4.79 Å². The molecule has 0 atom stereocenters. The number of nitrogens with zero attached hydrogens (tertiary/aromatic N) is 1. The number of amides is 1. The molecule has 0 aliphatic heterocycles. The van der Waals surface area contributed by atoms with Gasteiger partial charge in [-0.2, -0.15) is 0 Å². The van der Waals surface area contributed by atoms with E-state index in [-0.39, 0.29) is 11.8 Å². The van der Waals surface area contributed by atoms with Gasteiger partial charge in [0.25, 0.3) is 0 Å². The molecular formula is C13H21N3O. The zero-order valence-electron chi connectivity index (χ0n) is 10.6. The maximum Gasteiger partial charge on any atom is 0.222 e. The number of aromatic nitrogens is 1. The lowest BCUT2D eigenvalue weighted by atomic mass is 10.2. The predicted octanol–water partition coefficient (Wildman–Crippen LogP) is 1.33. The van der Waals surface area contributed by atoms with Crippen LogP contribution in [0.4, 0.5) is 0 Å². The van der Waals surface area contributed by atoms with Crippen molar-refractivity contribution in [3.05, 3.63) is 30.1 Å². The molecule has 4 heteroatoms. The summed E-state index contributed by atoms with van der Waals surface area (Å²) in [4.78, 5) is 15.5. The molecule has 17 heavy (non-hydrogen) atoms. The molecule has 0 unspecified atom stereocenters. The Morgan fingerprint density at radius 3 is 2.82 bits per heavy atom. The molecule has 1 aromatic rings. The summed E-state index contributed by atoms with van der Waals surface area (Å²) in [7, 11) is 0. The number of hydrogen-bond donors (Lipinski definition) is 2. The van der Waals surface area contributed by atoms with Gasteiger partial charge in [0.15, 0.2) is 0 Å². The molecule has 1 rings (SSSR count). The molecule has 0 saturated carbocycles. The summed E-state index contributed by atoms with van der Waals surface area (Å²) in [5.74, 6) is 0.186. The Labute approximate surface area is 103 Å². The fourth-order valence-corrected chi connectivity index (χ4v) is 1.35. The monoisotopic (exact) mass is 235 g/mol. The molecule has 0 saturated heterocycles. The van der Waals surface area contributed by atoms with Crippen molar-refractivity contribution in [3.63, 3.8) is 0 Å². The fraction of sp³-hybridized carbons (Fsp3) is 0.538. The summed E-state index contributed by atoms with van der Waals surface area (Å²) in [6.07, 6.45) is 2.73. The highest BCUT2D eigenvalue weighted by Gasteiger charge is 2.04. The van der Waals surface area contributed by atoms with Crippen molar-refractivity contribution in [1.29, 1.82) is 0 Å².